The van der Waals surface area contributed by atoms with Crippen LogP contribution in [0.5, 0.6) is 0 Å². The van der Waals surface area contributed by atoms with Gasteiger partial charge in [-0.3, -0.25) is 28.5 Å². The molecule has 0 atom stereocenters. The molecule has 0 aliphatic heterocycles. The largest absolute Gasteiger partial charge is 2.00 e. The van der Waals surface area contributed by atoms with Crippen molar-refractivity contribution >= 4 is 68.5 Å². The number of alkyl halides is 12. The number of aromatic nitrogens is 6. The molecule has 6 rings (SSSR count). The number of carbonyl (C=O) groups is 4. The number of carbonyl (C=O) groups excluding carboxylic acids is 4. The number of ketones is 4. The molecular weight excluding hydrogens is 1150 g/mol. The van der Waals surface area contributed by atoms with Crippen LogP contribution < -0.4 is 20.4 Å². The van der Waals surface area contributed by atoms with E-state index in [1.54, 1.807) is 43.5 Å². The van der Waals surface area contributed by atoms with E-state index in [0.29, 0.717) is 0 Å². The molecule has 0 N–H and O–H groups in total. The molecule has 2 radical (unpaired) electrons. The summed E-state index contributed by atoms with van der Waals surface area (Å²) in [5.41, 5.74) is 0. The minimum atomic E-state index is -4.98. The van der Waals surface area contributed by atoms with Crippen LogP contribution in [0.1, 0.15) is 38.7 Å². The molecule has 0 aliphatic rings. The normalized spacial score (nSPS) is 12.1. The Morgan fingerprint density at radius 2 is 0.657 bits per heavy atom. The Labute approximate surface area is 422 Å². The molecule has 70 heavy (non-hydrogen) atoms. The van der Waals surface area contributed by atoms with Gasteiger partial charge >= 0.3 is 58.8 Å². The Kier molecular flexibility index (Phi) is 27.5. The van der Waals surface area contributed by atoms with Gasteiger partial charge in [-0.25, -0.2) is 9.97 Å². The van der Waals surface area contributed by atoms with Crippen LogP contribution >= 0.6 is 45.3 Å². The van der Waals surface area contributed by atoms with Crippen LogP contribution in [0.2, 0.25) is 0 Å². The second kappa shape index (κ2) is 30.0. The number of thiophene rings is 4. The van der Waals surface area contributed by atoms with Gasteiger partial charge in [0.2, 0.25) is 0 Å². The van der Waals surface area contributed by atoms with Crippen molar-refractivity contribution in [3.63, 3.8) is 0 Å². The summed E-state index contributed by atoms with van der Waals surface area (Å²) >= 11 is 3.93. The Hall–Kier alpha value is -5.88. The molecule has 6 aromatic heterocycles. The van der Waals surface area contributed by atoms with Gasteiger partial charge in [-0.15, -0.1) is 45.3 Å². The van der Waals surface area contributed by atoms with Crippen LogP contribution in [0.4, 0.5) is 52.7 Å². The van der Waals surface area contributed by atoms with Gasteiger partial charge in [-0.1, -0.05) is 24.3 Å². The van der Waals surface area contributed by atoms with Crippen LogP contribution in [0, 0.1) is 0 Å². The number of rotatable bonds is 11. The van der Waals surface area contributed by atoms with Gasteiger partial charge in [0.15, 0.2) is 23.1 Å². The fourth-order valence-corrected chi connectivity index (χ4v) is 6.21. The smallest absolute Gasteiger partial charge is 0.869 e. The third-order valence-electron chi connectivity index (χ3n) is 6.71. The van der Waals surface area contributed by atoms with E-state index in [0.717, 1.165) is 58.4 Å². The summed E-state index contributed by atoms with van der Waals surface area (Å²) in [6, 6.07) is 11.5. The Morgan fingerprint density at radius 1 is 0.443 bits per heavy atom. The molecule has 0 amide bonds. The number of aryl methyl sites for hydroxylation is 2. The second-order valence-corrected chi connectivity index (χ2v) is 15.5. The van der Waals surface area contributed by atoms with Crippen molar-refractivity contribution in [3.05, 3.63) is 162 Å². The number of hydrogen-bond acceptors (Lipinski definition) is 16. The molecule has 0 fully saturated rings. The van der Waals surface area contributed by atoms with Gasteiger partial charge in [-0.05, 0) is 93.1 Å². The molecule has 6 heterocycles. The van der Waals surface area contributed by atoms with Crippen LogP contribution in [-0.2, 0) is 47.2 Å². The van der Waals surface area contributed by atoms with Crippen molar-refractivity contribution in [2.45, 2.75) is 37.8 Å². The molecule has 32 heteroatoms. The van der Waals surface area contributed by atoms with Gasteiger partial charge in [-0.2, -0.15) is 62.9 Å². The maximum absolute atomic E-state index is 11.7. The summed E-state index contributed by atoms with van der Waals surface area (Å²) in [5.74, 6) is -12.2. The quantitative estimate of drug-likeness (QED) is 0.0445. The number of halogens is 12. The molecule has 0 saturated heterocycles. The van der Waals surface area contributed by atoms with E-state index in [9.17, 15) is 92.3 Å². The van der Waals surface area contributed by atoms with Crippen molar-refractivity contribution in [2.75, 3.05) is 0 Å². The summed E-state index contributed by atoms with van der Waals surface area (Å²) in [7, 11) is 0. The standard InChI is InChI=1S/4C8H5F3O2S.C6H8N6.2Cu/c4*9-8(10,11)7(13)4-5(12)6-2-1-3-14-6;1(11-5-7-3-9-11)2-12-6-8-4-10-12;;/h4*1-4,13H;3-6H,1-2H2;;/q;;;;;2*+2/p-4/b4*7-4-;;;. The Bertz CT molecular complexity index is 2260. The van der Waals surface area contributed by atoms with Crippen LogP contribution in [-0.4, -0.2) is 77.4 Å². The van der Waals surface area contributed by atoms with E-state index in [4.69, 9.17) is 0 Å². The zero-order chi connectivity index (χ0) is 51.3. The summed E-state index contributed by atoms with van der Waals surface area (Å²) in [4.78, 5) is 52.1. The van der Waals surface area contributed by atoms with Crippen molar-refractivity contribution in [3.8, 4) is 0 Å². The van der Waals surface area contributed by atoms with Gasteiger partial charge in [0, 0.05) is 0 Å². The molecular formula is C38H24Cu2F12N6O8S4. The van der Waals surface area contributed by atoms with E-state index in [2.05, 4.69) is 20.2 Å². The van der Waals surface area contributed by atoms with Gasteiger partial charge < -0.3 is 20.4 Å². The first-order chi connectivity index (χ1) is 31.6. The minimum Gasteiger partial charge on any atom is -0.869 e. The SMILES string of the molecule is O=C(/C=C(\[O-])C(F)(F)F)c1cccs1.O=C(/C=C(\[O-])C(F)(F)F)c1cccs1.O=C(/C=C(\[O-])C(F)(F)F)c1cccs1.O=C(/C=C(\[O-])C(F)(F)F)c1cccs1.[Cu+2].[Cu+2].c1ncn(CCn2cncn2)n1. The third kappa shape index (κ3) is 24.6. The topological polar surface area (TPSA) is 222 Å². The fraction of sp³-hybridized carbons (Fsp3) is 0.158. The molecule has 0 aliphatic carbocycles. The third-order valence-corrected chi connectivity index (χ3v) is 10.3. The zero-order valence-electron chi connectivity index (χ0n) is 33.7. The molecule has 0 saturated carbocycles. The first kappa shape index (κ1) is 64.1. The maximum atomic E-state index is 11.7. The van der Waals surface area contributed by atoms with Gasteiger partial charge in [0.1, 0.15) is 25.3 Å². The summed E-state index contributed by atoms with van der Waals surface area (Å²) < 4.78 is 144. The van der Waals surface area contributed by atoms with Crippen molar-refractivity contribution in [2.24, 2.45) is 0 Å². The van der Waals surface area contributed by atoms with Crippen molar-refractivity contribution < 1.29 is 126 Å². The number of nitrogens with zero attached hydrogens (tertiary/aromatic N) is 6. The van der Waals surface area contributed by atoms with Crippen LogP contribution in [0.15, 0.2) is 143 Å². The zero-order valence-corrected chi connectivity index (χ0v) is 38.8. The van der Waals surface area contributed by atoms with Crippen molar-refractivity contribution in [1.82, 2.24) is 29.5 Å². The maximum Gasteiger partial charge on any atom is 2.00 e. The molecule has 384 valence electrons. The first-order valence-corrected chi connectivity index (χ1v) is 20.9. The number of allylic oxidation sites excluding steroid dienone is 8. The second-order valence-electron chi connectivity index (χ2n) is 11.7. The van der Waals surface area contributed by atoms with Crippen LogP contribution in [0.3, 0.4) is 0 Å². The summed E-state index contributed by atoms with van der Waals surface area (Å²) in [6.45, 7) is 1.53. The fourth-order valence-electron chi connectivity index (χ4n) is 3.66. The predicted octanol–water partition coefficient (Wildman–Crippen LogP) is 6.51. The Morgan fingerprint density at radius 3 is 0.800 bits per heavy atom. The van der Waals surface area contributed by atoms with E-state index in [-0.39, 0.29) is 78.0 Å². The molecule has 14 nitrogen and oxygen atoms in total. The van der Waals surface area contributed by atoms with Gasteiger partial charge in [0.25, 0.3) is 0 Å². The van der Waals surface area contributed by atoms with Gasteiger partial charge in [0.05, 0.1) is 32.6 Å². The minimum absolute atomic E-state index is 0. The first-order valence-electron chi connectivity index (χ1n) is 17.4. The molecule has 0 unspecified atom stereocenters. The molecule has 0 spiro atoms. The summed E-state index contributed by atoms with van der Waals surface area (Å²) in [5, 5.41) is 55.6. The molecule has 0 bridgehead atoms. The number of hydrogen-bond donors (Lipinski definition) is 0. The molecule has 0 aromatic carbocycles. The van der Waals surface area contributed by atoms with E-state index < -0.39 is 70.9 Å². The average Bonchev–Trinajstić information content (AvgIpc) is 4.10. The van der Waals surface area contributed by atoms with Crippen molar-refractivity contribution in [1.29, 1.82) is 0 Å². The average molecular weight is 1180 g/mol. The molecule has 6 aromatic rings. The van der Waals surface area contributed by atoms with E-state index >= 15 is 0 Å². The summed E-state index contributed by atoms with van der Waals surface area (Å²) in [6.07, 6.45) is -13.3. The monoisotopic (exact) mass is 1170 g/mol. The van der Waals surface area contributed by atoms with E-state index in [1.165, 1.54) is 61.2 Å². The Balaban J connectivity index is 0.000000845. The predicted molar refractivity (Wildman–Crippen MR) is 211 cm³/mol. The van der Waals surface area contributed by atoms with E-state index in [1.807, 2.05) is 0 Å². The van der Waals surface area contributed by atoms with Crippen LogP contribution in [0.25, 0.3) is 0 Å².